The van der Waals surface area contributed by atoms with Crippen molar-refractivity contribution >= 4 is 5.91 Å². The van der Waals surface area contributed by atoms with Crippen LogP contribution in [0.1, 0.15) is 33.1 Å². The molecule has 1 amide bonds. The van der Waals surface area contributed by atoms with Crippen molar-refractivity contribution in [1.29, 1.82) is 0 Å². The van der Waals surface area contributed by atoms with Gasteiger partial charge in [-0.05, 0) is 39.0 Å². The molecule has 0 spiro atoms. The molecule has 0 aromatic heterocycles. The largest absolute Gasteiger partial charge is 0.369 e. The van der Waals surface area contributed by atoms with Gasteiger partial charge in [0.2, 0.25) is 0 Å². The van der Waals surface area contributed by atoms with Crippen molar-refractivity contribution in [2.75, 3.05) is 13.7 Å². The minimum atomic E-state index is -0.735. The second-order valence-electron chi connectivity index (χ2n) is 4.86. The number of nitrogens with one attached hydrogen (secondary N) is 1. The normalized spacial score (nSPS) is 26.7. The molecule has 1 fully saturated rings. The van der Waals surface area contributed by atoms with Crippen molar-refractivity contribution in [3.8, 4) is 0 Å². The predicted molar refractivity (Wildman–Crippen MR) is 59.4 cm³/mol. The summed E-state index contributed by atoms with van der Waals surface area (Å²) in [5.41, 5.74) is 5.07. The summed E-state index contributed by atoms with van der Waals surface area (Å²) < 4.78 is 5.10. The van der Waals surface area contributed by atoms with Gasteiger partial charge < -0.3 is 15.8 Å². The van der Waals surface area contributed by atoms with Gasteiger partial charge in [-0.25, -0.2) is 0 Å². The smallest absolute Gasteiger partial charge is 0.251 e. The molecule has 3 N–H and O–H groups in total. The molecule has 0 bridgehead atoms. The first-order valence-corrected chi connectivity index (χ1v) is 5.54. The van der Waals surface area contributed by atoms with Crippen molar-refractivity contribution in [2.45, 2.75) is 44.8 Å². The molecule has 0 aromatic rings. The van der Waals surface area contributed by atoms with E-state index in [1.807, 2.05) is 0 Å². The van der Waals surface area contributed by atoms with Crippen LogP contribution in [0.4, 0.5) is 0 Å². The first-order valence-electron chi connectivity index (χ1n) is 5.54. The molecular weight excluding hydrogens is 192 g/mol. The highest BCUT2D eigenvalue weighted by atomic mass is 16.5. The summed E-state index contributed by atoms with van der Waals surface area (Å²) in [5, 5.41) is 2.92. The minimum Gasteiger partial charge on any atom is -0.369 e. The first-order chi connectivity index (χ1) is 6.95. The molecule has 2 unspecified atom stereocenters. The summed E-state index contributed by atoms with van der Waals surface area (Å²) in [6.07, 6.45) is 3.22. The van der Waals surface area contributed by atoms with Gasteiger partial charge in [0.25, 0.3) is 5.91 Å². The molecule has 88 valence electrons. The highest BCUT2D eigenvalue weighted by Gasteiger charge is 2.28. The molecule has 0 aromatic carbocycles. The van der Waals surface area contributed by atoms with Crippen LogP contribution in [-0.2, 0) is 9.53 Å². The molecule has 2 atom stereocenters. The predicted octanol–water partition coefficient (Wildman–Crippen LogP) is 0.655. The molecule has 1 saturated carbocycles. The maximum atomic E-state index is 11.7. The number of hydrogen-bond acceptors (Lipinski definition) is 3. The van der Waals surface area contributed by atoms with E-state index in [0.29, 0.717) is 12.0 Å². The van der Waals surface area contributed by atoms with Gasteiger partial charge >= 0.3 is 0 Å². The Labute approximate surface area is 91.5 Å². The Morgan fingerprint density at radius 2 is 2.20 bits per heavy atom. The lowest BCUT2D eigenvalue weighted by Crippen LogP contribution is -2.45. The van der Waals surface area contributed by atoms with Crippen LogP contribution < -0.4 is 11.1 Å². The second-order valence-corrected chi connectivity index (χ2v) is 4.86. The molecule has 1 aliphatic carbocycles. The topological polar surface area (TPSA) is 64.3 Å². The first kappa shape index (κ1) is 12.5. The molecule has 1 rings (SSSR count). The molecule has 0 radical (unpaired) electrons. The highest BCUT2D eigenvalue weighted by molar-refractivity contribution is 5.84. The zero-order valence-electron chi connectivity index (χ0n) is 9.88. The molecule has 0 saturated heterocycles. The van der Waals surface area contributed by atoms with Gasteiger partial charge in [0.1, 0.15) is 5.60 Å². The number of amides is 1. The number of hydrogen-bond donors (Lipinski definition) is 2. The van der Waals surface area contributed by atoms with Crippen LogP contribution in [0.3, 0.4) is 0 Å². The maximum Gasteiger partial charge on any atom is 0.251 e. The van der Waals surface area contributed by atoms with Crippen LogP contribution in [0.25, 0.3) is 0 Å². The van der Waals surface area contributed by atoms with Crippen LogP contribution in [0, 0.1) is 5.92 Å². The number of methoxy groups -OCH3 is 1. The van der Waals surface area contributed by atoms with Gasteiger partial charge in [0.05, 0.1) is 0 Å². The number of carbonyl (C=O) groups excluding carboxylic acids is 1. The number of carbonyl (C=O) groups is 1. The monoisotopic (exact) mass is 214 g/mol. The van der Waals surface area contributed by atoms with E-state index in [1.54, 1.807) is 21.0 Å². The minimum absolute atomic E-state index is 0.0505. The van der Waals surface area contributed by atoms with Gasteiger partial charge in [-0.3, -0.25) is 4.79 Å². The Morgan fingerprint density at radius 1 is 1.53 bits per heavy atom. The Balaban J connectivity index is 2.28. The fourth-order valence-electron chi connectivity index (χ4n) is 1.84. The maximum absolute atomic E-state index is 11.7. The van der Waals surface area contributed by atoms with Crippen molar-refractivity contribution in [2.24, 2.45) is 11.7 Å². The fourth-order valence-corrected chi connectivity index (χ4v) is 1.84. The second kappa shape index (κ2) is 4.94. The van der Waals surface area contributed by atoms with Crippen LogP contribution in [-0.4, -0.2) is 31.2 Å². The van der Waals surface area contributed by atoms with E-state index in [4.69, 9.17) is 10.5 Å². The number of nitrogens with two attached hydrogens (primary N) is 1. The van der Waals surface area contributed by atoms with Crippen LogP contribution in [0.5, 0.6) is 0 Å². The third-order valence-corrected chi connectivity index (χ3v) is 3.19. The zero-order valence-corrected chi connectivity index (χ0v) is 9.88. The van der Waals surface area contributed by atoms with Crippen LogP contribution in [0.15, 0.2) is 0 Å². The number of ether oxygens (including phenoxy) is 1. The lowest BCUT2D eigenvalue weighted by atomic mass is 10.1. The average molecular weight is 214 g/mol. The Kier molecular flexibility index (Phi) is 4.11. The SMILES string of the molecule is COC(C)(C)C(=O)NCC1CCC(N)C1. The third-order valence-electron chi connectivity index (χ3n) is 3.19. The van der Waals surface area contributed by atoms with Crippen LogP contribution >= 0.6 is 0 Å². The molecule has 4 nitrogen and oxygen atoms in total. The molecule has 15 heavy (non-hydrogen) atoms. The molecule has 0 aliphatic heterocycles. The van der Waals surface area contributed by atoms with Crippen molar-refractivity contribution in [3.63, 3.8) is 0 Å². The van der Waals surface area contributed by atoms with Crippen LogP contribution in [0.2, 0.25) is 0 Å². The van der Waals surface area contributed by atoms with Gasteiger partial charge in [-0.2, -0.15) is 0 Å². The lowest BCUT2D eigenvalue weighted by Gasteiger charge is -2.22. The summed E-state index contributed by atoms with van der Waals surface area (Å²) in [6, 6.07) is 0.322. The van der Waals surface area contributed by atoms with E-state index in [-0.39, 0.29) is 5.91 Å². The van der Waals surface area contributed by atoms with Crippen molar-refractivity contribution in [1.82, 2.24) is 5.32 Å². The fraction of sp³-hybridized carbons (Fsp3) is 0.909. The Morgan fingerprint density at radius 3 is 2.67 bits per heavy atom. The highest BCUT2D eigenvalue weighted by Crippen LogP contribution is 2.23. The molecule has 0 heterocycles. The standard InChI is InChI=1S/C11H22N2O2/c1-11(2,15-3)10(14)13-7-8-4-5-9(12)6-8/h8-9H,4-7,12H2,1-3H3,(H,13,14). The molecular formula is C11H22N2O2. The Bertz CT molecular complexity index is 229. The van der Waals surface area contributed by atoms with Crippen molar-refractivity contribution < 1.29 is 9.53 Å². The molecule has 4 heteroatoms. The summed E-state index contributed by atoms with van der Waals surface area (Å²) in [7, 11) is 1.55. The van der Waals surface area contributed by atoms with Gasteiger partial charge in [0.15, 0.2) is 0 Å². The van der Waals surface area contributed by atoms with Gasteiger partial charge in [-0.1, -0.05) is 0 Å². The quantitative estimate of drug-likeness (QED) is 0.722. The van der Waals surface area contributed by atoms with E-state index < -0.39 is 5.60 Å². The Hall–Kier alpha value is -0.610. The van der Waals surface area contributed by atoms with E-state index >= 15 is 0 Å². The lowest BCUT2D eigenvalue weighted by molar-refractivity contribution is -0.139. The zero-order chi connectivity index (χ0) is 11.5. The third kappa shape index (κ3) is 3.47. The van der Waals surface area contributed by atoms with E-state index in [0.717, 1.165) is 25.8 Å². The van der Waals surface area contributed by atoms with Gasteiger partial charge in [-0.15, -0.1) is 0 Å². The molecule has 1 aliphatic rings. The van der Waals surface area contributed by atoms with E-state index in [9.17, 15) is 4.79 Å². The summed E-state index contributed by atoms with van der Waals surface area (Å²) in [4.78, 5) is 11.7. The summed E-state index contributed by atoms with van der Waals surface area (Å²) in [6.45, 7) is 4.25. The van der Waals surface area contributed by atoms with E-state index in [2.05, 4.69) is 5.32 Å². The summed E-state index contributed by atoms with van der Waals surface area (Å²) in [5.74, 6) is 0.488. The number of rotatable bonds is 4. The average Bonchev–Trinajstić information content (AvgIpc) is 2.60. The van der Waals surface area contributed by atoms with Crippen molar-refractivity contribution in [3.05, 3.63) is 0 Å². The summed E-state index contributed by atoms with van der Waals surface area (Å²) >= 11 is 0. The van der Waals surface area contributed by atoms with Gasteiger partial charge in [0, 0.05) is 19.7 Å². The van der Waals surface area contributed by atoms with E-state index in [1.165, 1.54) is 0 Å².